The minimum atomic E-state index is -2.00. The van der Waals surface area contributed by atoms with Crippen molar-refractivity contribution in [3.05, 3.63) is 75.6 Å². The van der Waals surface area contributed by atoms with Crippen molar-refractivity contribution in [3.8, 4) is 17.2 Å². The van der Waals surface area contributed by atoms with Gasteiger partial charge in [-0.25, -0.2) is 0 Å². The highest BCUT2D eigenvalue weighted by molar-refractivity contribution is 9.10. The van der Waals surface area contributed by atoms with E-state index in [1.807, 2.05) is 30.3 Å². The summed E-state index contributed by atoms with van der Waals surface area (Å²) in [7, 11) is 2.96. The van der Waals surface area contributed by atoms with Crippen LogP contribution in [0.1, 0.15) is 11.1 Å². The highest BCUT2D eigenvalue weighted by atomic mass is 79.9. The van der Waals surface area contributed by atoms with Crippen LogP contribution in [0.15, 0.2) is 64.5 Å². The minimum absolute atomic E-state index is 0.145. The number of amidine groups is 1. The van der Waals surface area contributed by atoms with Gasteiger partial charge in [0.15, 0.2) is 17.1 Å². The molecular weight excluding hydrogens is 526 g/mol. The van der Waals surface area contributed by atoms with Crippen LogP contribution >= 0.6 is 27.5 Å². The molecule has 3 aromatic rings. The number of fused-ring (bicyclic) bond motifs is 3. The van der Waals surface area contributed by atoms with Crippen LogP contribution in [0.2, 0.25) is 0 Å². The monoisotopic (exact) mass is 545 g/mol. The Labute approximate surface area is 208 Å². The SMILES string of the molecule is COc1cc(C2(O)C(C(=N)NC(=O)CCl)=C(N)Oc3c2ccc2ccccc32)cc(Br)c1OC. The zero-order valence-electron chi connectivity index (χ0n) is 18.2. The molecule has 0 fully saturated rings. The highest BCUT2D eigenvalue weighted by Gasteiger charge is 2.47. The lowest BCUT2D eigenvalue weighted by Gasteiger charge is -2.38. The summed E-state index contributed by atoms with van der Waals surface area (Å²) in [5.41, 5.74) is 4.78. The van der Waals surface area contributed by atoms with E-state index in [1.165, 1.54) is 14.2 Å². The molecule has 0 radical (unpaired) electrons. The maximum atomic E-state index is 12.4. The smallest absolute Gasteiger partial charge is 0.240 e. The molecule has 1 heterocycles. The zero-order valence-corrected chi connectivity index (χ0v) is 20.6. The molecule has 0 spiro atoms. The van der Waals surface area contributed by atoms with E-state index in [9.17, 15) is 9.90 Å². The molecule has 0 saturated carbocycles. The number of halogens is 2. The molecule has 176 valence electrons. The van der Waals surface area contributed by atoms with Crippen LogP contribution in [0.3, 0.4) is 0 Å². The lowest BCUT2D eigenvalue weighted by atomic mass is 9.77. The second-order valence-electron chi connectivity index (χ2n) is 7.47. The van der Waals surface area contributed by atoms with Crippen molar-refractivity contribution in [2.24, 2.45) is 5.73 Å². The Balaban J connectivity index is 2.05. The standard InChI is InChI=1S/C24H21BrClN3O5/c1-32-17-10-13(9-16(25)21(17)33-2)24(31)15-8-7-12-5-3-4-6-14(12)20(15)34-23(28)19(24)22(27)29-18(30)11-26/h3-10,31H,11,28H2,1-2H3,(H2,27,29,30). The number of hydrogen-bond acceptors (Lipinski definition) is 7. The van der Waals surface area contributed by atoms with Gasteiger partial charge in [-0.2, -0.15) is 0 Å². The van der Waals surface area contributed by atoms with E-state index in [1.54, 1.807) is 18.2 Å². The Morgan fingerprint density at radius 2 is 1.97 bits per heavy atom. The van der Waals surface area contributed by atoms with Crippen molar-refractivity contribution >= 4 is 50.0 Å². The van der Waals surface area contributed by atoms with Gasteiger partial charge in [-0.1, -0.05) is 36.4 Å². The molecule has 0 aliphatic carbocycles. The molecule has 34 heavy (non-hydrogen) atoms. The Hall–Kier alpha value is -3.27. The fourth-order valence-corrected chi connectivity index (χ4v) is 4.75. The van der Waals surface area contributed by atoms with Crippen molar-refractivity contribution < 1.29 is 24.1 Å². The molecule has 0 aromatic heterocycles. The van der Waals surface area contributed by atoms with Crippen LogP contribution in [-0.4, -0.2) is 36.9 Å². The number of carbonyl (C=O) groups is 1. The number of carbonyl (C=O) groups excluding carboxylic acids is 1. The maximum Gasteiger partial charge on any atom is 0.240 e. The Bertz CT molecular complexity index is 1360. The van der Waals surface area contributed by atoms with E-state index >= 15 is 0 Å². The van der Waals surface area contributed by atoms with Gasteiger partial charge in [-0.15, -0.1) is 11.6 Å². The third-order valence-electron chi connectivity index (χ3n) is 5.58. The molecule has 1 aliphatic rings. The Morgan fingerprint density at radius 3 is 2.65 bits per heavy atom. The number of nitrogens with one attached hydrogen (secondary N) is 2. The first kappa shape index (κ1) is 23.9. The molecule has 1 amide bonds. The molecule has 1 unspecified atom stereocenters. The summed E-state index contributed by atoms with van der Waals surface area (Å²) in [6, 6.07) is 14.2. The van der Waals surface area contributed by atoms with E-state index in [4.69, 9.17) is 37.0 Å². The second kappa shape index (κ2) is 9.17. The lowest BCUT2D eigenvalue weighted by molar-refractivity contribution is -0.117. The number of hydrogen-bond donors (Lipinski definition) is 4. The summed E-state index contributed by atoms with van der Waals surface area (Å²) in [4.78, 5) is 12.0. The number of alkyl halides is 1. The van der Waals surface area contributed by atoms with Gasteiger partial charge in [0.05, 0.1) is 24.3 Å². The third-order valence-corrected chi connectivity index (χ3v) is 6.41. The fraction of sp³-hybridized carbons (Fsp3) is 0.167. The molecule has 1 aliphatic heterocycles. The summed E-state index contributed by atoms with van der Waals surface area (Å²) in [6.07, 6.45) is 0. The number of ether oxygens (including phenoxy) is 3. The van der Waals surface area contributed by atoms with Crippen molar-refractivity contribution in [1.29, 1.82) is 5.41 Å². The zero-order chi connectivity index (χ0) is 24.6. The van der Waals surface area contributed by atoms with Crippen LogP contribution in [0.5, 0.6) is 17.2 Å². The quantitative estimate of drug-likeness (QED) is 0.219. The molecule has 3 aromatic carbocycles. The van der Waals surface area contributed by atoms with E-state index < -0.39 is 17.3 Å². The number of amides is 1. The summed E-state index contributed by atoms with van der Waals surface area (Å²) >= 11 is 9.07. The average Bonchev–Trinajstić information content (AvgIpc) is 2.83. The minimum Gasteiger partial charge on any atom is -0.493 e. The van der Waals surface area contributed by atoms with E-state index in [2.05, 4.69) is 21.2 Å². The number of aliphatic hydroxyl groups is 1. The van der Waals surface area contributed by atoms with Crippen LogP contribution in [0.25, 0.3) is 10.8 Å². The highest BCUT2D eigenvalue weighted by Crippen LogP contribution is 2.50. The van der Waals surface area contributed by atoms with E-state index in [-0.39, 0.29) is 17.3 Å². The van der Waals surface area contributed by atoms with E-state index in [0.717, 1.165) is 10.8 Å². The van der Waals surface area contributed by atoms with Gasteiger partial charge in [-0.3, -0.25) is 10.2 Å². The predicted octanol–water partition coefficient (Wildman–Crippen LogP) is 3.75. The summed E-state index contributed by atoms with van der Waals surface area (Å²) in [5.74, 6) is -0.602. The second-order valence-corrected chi connectivity index (χ2v) is 8.59. The topological polar surface area (TPSA) is 127 Å². The Kier molecular flexibility index (Phi) is 6.44. The molecule has 0 saturated heterocycles. The predicted molar refractivity (Wildman–Crippen MR) is 133 cm³/mol. The summed E-state index contributed by atoms with van der Waals surface area (Å²) in [6.45, 7) is 0. The fourth-order valence-electron chi connectivity index (χ4n) is 4.08. The van der Waals surface area contributed by atoms with Gasteiger partial charge in [0.1, 0.15) is 17.5 Å². The van der Waals surface area contributed by atoms with Gasteiger partial charge in [0, 0.05) is 10.9 Å². The first-order valence-corrected chi connectivity index (χ1v) is 11.4. The van der Waals surface area contributed by atoms with Gasteiger partial charge >= 0.3 is 0 Å². The molecule has 0 bridgehead atoms. The molecule has 5 N–H and O–H groups in total. The van der Waals surface area contributed by atoms with Gasteiger partial charge < -0.3 is 30.4 Å². The first-order valence-electron chi connectivity index (χ1n) is 10.1. The molecule has 10 heteroatoms. The molecule has 4 rings (SSSR count). The maximum absolute atomic E-state index is 12.4. The molecule has 8 nitrogen and oxygen atoms in total. The molecule has 1 atom stereocenters. The molecular formula is C24H21BrClN3O5. The van der Waals surface area contributed by atoms with Crippen LogP contribution in [0, 0.1) is 5.41 Å². The number of methoxy groups -OCH3 is 2. The normalized spacial score (nSPS) is 17.1. The third kappa shape index (κ3) is 3.75. The van der Waals surface area contributed by atoms with Crippen molar-refractivity contribution in [3.63, 3.8) is 0 Å². The summed E-state index contributed by atoms with van der Waals surface area (Å²) < 4.78 is 17.3. The lowest BCUT2D eigenvalue weighted by Crippen LogP contribution is -2.45. The van der Waals surface area contributed by atoms with Crippen molar-refractivity contribution in [2.45, 2.75) is 5.60 Å². The van der Waals surface area contributed by atoms with Gasteiger partial charge in [-0.05, 0) is 39.0 Å². The van der Waals surface area contributed by atoms with Gasteiger partial charge in [0.25, 0.3) is 0 Å². The van der Waals surface area contributed by atoms with Crippen LogP contribution in [-0.2, 0) is 10.4 Å². The van der Waals surface area contributed by atoms with Crippen molar-refractivity contribution in [1.82, 2.24) is 5.32 Å². The summed E-state index contributed by atoms with van der Waals surface area (Å²) in [5, 5.41) is 24.9. The van der Waals surface area contributed by atoms with E-state index in [0.29, 0.717) is 32.8 Å². The van der Waals surface area contributed by atoms with Gasteiger partial charge in [0.2, 0.25) is 11.8 Å². The van der Waals surface area contributed by atoms with Crippen LogP contribution in [0.4, 0.5) is 0 Å². The first-order chi connectivity index (χ1) is 16.3. The number of nitrogens with two attached hydrogens (primary N) is 1. The van der Waals surface area contributed by atoms with Crippen molar-refractivity contribution in [2.75, 3.05) is 20.1 Å². The van der Waals surface area contributed by atoms with Crippen LogP contribution < -0.4 is 25.3 Å². The number of rotatable bonds is 5. The largest absolute Gasteiger partial charge is 0.493 e. The average molecular weight is 547 g/mol. The Morgan fingerprint density at radius 1 is 1.24 bits per heavy atom. The number of benzene rings is 3.